The Labute approximate surface area is 211 Å². The number of amides is 3. The van der Waals surface area contributed by atoms with Crippen molar-refractivity contribution < 1.29 is 33.9 Å². The van der Waals surface area contributed by atoms with Crippen molar-refractivity contribution >= 4 is 23.7 Å². The van der Waals surface area contributed by atoms with E-state index in [9.17, 15) is 24.3 Å². The van der Waals surface area contributed by atoms with Crippen LogP contribution in [-0.4, -0.2) is 59.2 Å². The van der Waals surface area contributed by atoms with E-state index in [0.717, 1.165) is 44.9 Å². The summed E-state index contributed by atoms with van der Waals surface area (Å²) in [6.45, 7) is 4.10. The van der Waals surface area contributed by atoms with Crippen molar-refractivity contribution in [2.75, 3.05) is 13.2 Å². The molecule has 1 aliphatic heterocycles. The number of nitrogens with one attached hydrogen (secondary N) is 1. The lowest BCUT2D eigenvalue weighted by Crippen LogP contribution is -2.51. The first-order valence-electron chi connectivity index (χ1n) is 13.5. The standard InChI is InChI=1S/C27H38N2O7/c1-26-11-9-17(35-15-22(31)28-14-25(34)36-29-23(32)7-8-24(29)33)13-16(26)3-4-18-19-5-6-21(30)27(19,2)12-10-20(18)26/h13,17-21,30H,3-12,14-15H2,1-2H3,(H,28,31)/t17-,18?,19?,20?,21?,26?,27?/m0/s1. The Hall–Kier alpha value is -2.26. The van der Waals surface area contributed by atoms with E-state index in [2.05, 4.69) is 25.2 Å². The van der Waals surface area contributed by atoms with Crippen LogP contribution in [0.5, 0.6) is 0 Å². The van der Waals surface area contributed by atoms with Crippen LogP contribution >= 0.6 is 0 Å². The maximum Gasteiger partial charge on any atom is 0.352 e. The molecule has 7 atom stereocenters. The van der Waals surface area contributed by atoms with Crippen LogP contribution in [0.3, 0.4) is 0 Å². The number of ether oxygens (including phenoxy) is 1. The van der Waals surface area contributed by atoms with Gasteiger partial charge in [-0.1, -0.05) is 25.5 Å². The molecule has 3 saturated carbocycles. The Balaban J connectivity index is 1.11. The first-order valence-corrected chi connectivity index (χ1v) is 13.5. The molecule has 0 aromatic heterocycles. The number of imide groups is 1. The van der Waals surface area contributed by atoms with Crippen LogP contribution in [-0.2, 0) is 28.8 Å². The second-order valence-corrected chi connectivity index (χ2v) is 11.9. The van der Waals surface area contributed by atoms with Crippen LogP contribution in [0.2, 0.25) is 0 Å². The quantitative estimate of drug-likeness (QED) is 0.422. The lowest BCUT2D eigenvalue weighted by Gasteiger charge is -2.58. The molecule has 0 aromatic carbocycles. The molecule has 198 valence electrons. The highest BCUT2D eigenvalue weighted by molar-refractivity contribution is 6.01. The van der Waals surface area contributed by atoms with Gasteiger partial charge in [0, 0.05) is 12.8 Å². The van der Waals surface area contributed by atoms with E-state index in [1.807, 2.05) is 0 Å². The Morgan fingerprint density at radius 3 is 2.53 bits per heavy atom. The number of carbonyl (C=O) groups excluding carboxylic acids is 4. The third-order valence-corrected chi connectivity index (χ3v) is 10.1. The van der Waals surface area contributed by atoms with Gasteiger partial charge in [-0.2, -0.15) is 0 Å². The maximum absolute atomic E-state index is 12.2. The number of aliphatic hydroxyl groups is 1. The summed E-state index contributed by atoms with van der Waals surface area (Å²) in [5.74, 6) is -0.501. The van der Waals surface area contributed by atoms with Crippen molar-refractivity contribution in [3.8, 4) is 0 Å². The summed E-state index contributed by atoms with van der Waals surface area (Å²) >= 11 is 0. The predicted molar refractivity (Wildman–Crippen MR) is 128 cm³/mol. The molecule has 3 amide bonds. The first-order chi connectivity index (χ1) is 17.1. The predicted octanol–water partition coefficient (Wildman–Crippen LogP) is 2.42. The van der Waals surface area contributed by atoms with Gasteiger partial charge in [0.1, 0.15) is 13.2 Å². The van der Waals surface area contributed by atoms with Crippen LogP contribution in [0.4, 0.5) is 0 Å². The topological polar surface area (TPSA) is 122 Å². The number of fused-ring (bicyclic) bond motifs is 5. The van der Waals surface area contributed by atoms with Crippen molar-refractivity contribution in [3.63, 3.8) is 0 Å². The number of aliphatic hydroxyl groups excluding tert-OH is 1. The summed E-state index contributed by atoms with van der Waals surface area (Å²) in [4.78, 5) is 51.9. The number of nitrogens with zero attached hydrogens (tertiary/aromatic N) is 1. The van der Waals surface area contributed by atoms with Crippen LogP contribution in [0.1, 0.15) is 78.1 Å². The highest BCUT2D eigenvalue weighted by Gasteiger charge is 2.58. The molecule has 5 rings (SSSR count). The van der Waals surface area contributed by atoms with Gasteiger partial charge in [0.25, 0.3) is 11.8 Å². The number of hydrogen-bond donors (Lipinski definition) is 2. The van der Waals surface area contributed by atoms with E-state index >= 15 is 0 Å². The van der Waals surface area contributed by atoms with E-state index in [1.165, 1.54) is 12.0 Å². The van der Waals surface area contributed by atoms with Gasteiger partial charge in [-0.05, 0) is 80.0 Å². The highest BCUT2D eigenvalue weighted by Crippen LogP contribution is 2.65. The molecule has 0 bridgehead atoms. The summed E-state index contributed by atoms with van der Waals surface area (Å²) in [5, 5.41) is 13.5. The SMILES string of the molecule is CC12CC[C@H](OCC(=O)NCC(=O)ON3C(=O)CCC3=O)C=C1CCC1C2CCC2(C)C(O)CCC12. The molecule has 1 heterocycles. The molecule has 36 heavy (non-hydrogen) atoms. The van der Waals surface area contributed by atoms with Gasteiger partial charge in [0.2, 0.25) is 5.91 Å². The molecule has 4 aliphatic carbocycles. The number of hydroxylamine groups is 2. The smallest absolute Gasteiger partial charge is 0.352 e. The Morgan fingerprint density at radius 2 is 1.78 bits per heavy atom. The third-order valence-electron chi connectivity index (χ3n) is 10.1. The number of carbonyl (C=O) groups is 4. The van der Waals surface area contributed by atoms with Crippen LogP contribution in [0, 0.1) is 28.6 Å². The van der Waals surface area contributed by atoms with Gasteiger partial charge in [0.05, 0.1) is 12.2 Å². The Kier molecular flexibility index (Phi) is 6.74. The molecule has 9 nitrogen and oxygen atoms in total. The summed E-state index contributed by atoms with van der Waals surface area (Å²) in [7, 11) is 0. The monoisotopic (exact) mass is 502 g/mol. The molecule has 0 radical (unpaired) electrons. The molecule has 1 saturated heterocycles. The Bertz CT molecular complexity index is 963. The van der Waals surface area contributed by atoms with Gasteiger partial charge in [-0.3, -0.25) is 14.4 Å². The summed E-state index contributed by atoms with van der Waals surface area (Å²) in [6.07, 6.45) is 10.4. The van der Waals surface area contributed by atoms with Crippen molar-refractivity contribution in [2.45, 2.75) is 90.3 Å². The largest absolute Gasteiger partial charge is 0.393 e. The molecular weight excluding hydrogens is 464 g/mol. The number of rotatable bonds is 6. The fraction of sp³-hybridized carbons (Fsp3) is 0.778. The van der Waals surface area contributed by atoms with Crippen molar-refractivity contribution in [1.82, 2.24) is 10.4 Å². The van der Waals surface area contributed by atoms with Gasteiger partial charge in [-0.15, -0.1) is 5.06 Å². The molecule has 2 N–H and O–H groups in total. The minimum absolute atomic E-state index is 0.0206. The molecule has 4 fully saturated rings. The first kappa shape index (κ1) is 25.4. The summed E-state index contributed by atoms with van der Waals surface area (Å²) in [5.41, 5.74) is 1.69. The van der Waals surface area contributed by atoms with Crippen molar-refractivity contribution in [3.05, 3.63) is 11.6 Å². The average Bonchev–Trinajstić information content (AvgIpc) is 3.34. The van der Waals surface area contributed by atoms with E-state index in [1.54, 1.807) is 0 Å². The van der Waals surface area contributed by atoms with Crippen molar-refractivity contribution in [1.29, 1.82) is 0 Å². The zero-order valence-electron chi connectivity index (χ0n) is 21.3. The highest BCUT2D eigenvalue weighted by atomic mass is 16.7. The molecular formula is C27H38N2O7. The molecule has 0 spiro atoms. The third kappa shape index (κ3) is 4.38. The number of allylic oxidation sites excluding steroid dienone is 1. The summed E-state index contributed by atoms with van der Waals surface area (Å²) < 4.78 is 5.88. The fourth-order valence-electron chi connectivity index (χ4n) is 8.00. The maximum atomic E-state index is 12.2. The lowest BCUT2D eigenvalue weighted by molar-refractivity contribution is -0.196. The fourth-order valence-corrected chi connectivity index (χ4v) is 8.00. The number of hydrogen-bond acceptors (Lipinski definition) is 7. The van der Waals surface area contributed by atoms with Crippen molar-refractivity contribution in [2.24, 2.45) is 28.6 Å². The lowest BCUT2D eigenvalue weighted by atomic mass is 9.47. The van der Waals surface area contributed by atoms with Crippen LogP contribution < -0.4 is 5.32 Å². The molecule has 0 aromatic rings. The zero-order chi connectivity index (χ0) is 25.7. The van der Waals surface area contributed by atoms with E-state index in [-0.39, 0.29) is 42.5 Å². The van der Waals surface area contributed by atoms with E-state index in [4.69, 9.17) is 9.57 Å². The van der Waals surface area contributed by atoms with Gasteiger partial charge in [0.15, 0.2) is 0 Å². The average molecular weight is 503 g/mol. The molecule has 9 heteroatoms. The normalized spacial score (nSPS) is 39.7. The van der Waals surface area contributed by atoms with Crippen LogP contribution in [0.25, 0.3) is 0 Å². The van der Waals surface area contributed by atoms with Gasteiger partial charge < -0.3 is 20.0 Å². The summed E-state index contributed by atoms with van der Waals surface area (Å²) in [6, 6.07) is 0. The van der Waals surface area contributed by atoms with Gasteiger partial charge >= 0.3 is 5.97 Å². The minimum atomic E-state index is -0.877. The zero-order valence-corrected chi connectivity index (χ0v) is 21.3. The van der Waals surface area contributed by atoms with Crippen LogP contribution in [0.15, 0.2) is 11.6 Å². The van der Waals surface area contributed by atoms with E-state index < -0.39 is 30.2 Å². The second-order valence-electron chi connectivity index (χ2n) is 11.9. The molecule has 6 unspecified atom stereocenters. The second kappa shape index (κ2) is 9.56. The van der Waals surface area contributed by atoms with E-state index in [0.29, 0.717) is 22.8 Å². The minimum Gasteiger partial charge on any atom is -0.393 e. The van der Waals surface area contributed by atoms with Gasteiger partial charge in [-0.25, -0.2) is 4.79 Å². The molecule has 5 aliphatic rings. The Morgan fingerprint density at radius 1 is 1.03 bits per heavy atom.